The average Bonchev–Trinajstić information content (AvgIpc) is 3.32. The lowest BCUT2D eigenvalue weighted by molar-refractivity contribution is 0.591. The molecular weight excluding hydrogens is 753 g/mol. The molecule has 0 saturated carbocycles. The van der Waals surface area contributed by atoms with Gasteiger partial charge in [-0.15, -0.1) is 0 Å². The van der Waals surface area contributed by atoms with Gasteiger partial charge in [-0.3, -0.25) is 0 Å². The van der Waals surface area contributed by atoms with Crippen LogP contribution in [-0.2, 0) is 5.41 Å². The van der Waals surface area contributed by atoms with Crippen molar-refractivity contribution < 1.29 is 0 Å². The van der Waals surface area contributed by atoms with Crippen LogP contribution in [0.15, 0.2) is 200 Å². The third-order valence-corrected chi connectivity index (χ3v) is 12.0. The Balaban J connectivity index is 1.28. The van der Waals surface area contributed by atoms with Crippen molar-refractivity contribution in [3.8, 4) is 34.4 Å². The summed E-state index contributed by atoms with van der Waals surface area (Å²) in [6.07, 6.45) is 0. The van der Waals surface area contributed by atoms with Crippen molar-refractivity contribution in [1.82, 2.24) is 0 Å². The van der Waals surface area contributed by atoms with Gasteiger partial charge in [0, 0.05) is 38.9 Å². The zero-order valence-electron chi connectivity index (χ0n) is 34.8. The molecule has 0 bridgehead atoms. The maximum Gasteiger partial charge on any atom is 0.0991 e. The van der Waals surface area contributed by atoms with Crippen LogP contribution in [0.25, 0.3) is 54.6 Å². The second-order valence-electron chi connectivity index (χ2n) is 16.9. The summed E-state index contributed by atoms with van der Waals surface area (Å²) in [7, 11) is 0. The molecule has 0 N–H and O–H groups in total. The molecule has 4 nitrogen and oxygen atoms in total. The first-order valence-electron chi connectivity index (χ1n) is 20.9. The van der Waals surface area contributed by atoms with Crippen LogP contribution < -0.4 is 9.80 Å². The van der Waals surface area contributed by atoms with Crippen molar-refractivity contribution in [2.45, 2.75) is 26.2 Å². The highest BCUT2D eigenvalue weighted by Crippen LogP contribution is 2.51. The molecule has 0 fully saturated rings. The Morgan fingerprint density at radius 3 is 1.08 bits per heavy atom. The van der Waals surface area contributed by atoms with Gasteiger partial charge < -0.3 is 9.80 Å². The number of anilines is 6. The van der Waals surface area contributed by atoms with Gasteiger partial charge in [0.25, 0.3) is 0 Å². The van der Waals surface area contributed by atoms with Crippen LogP contribution in [0.1, 0.15) is 37.5 Å². The maximum atomic E-state index is 9.85. The monoisotopic (exact) mass is 794 g/mol. The Bertz CT molecular complexity index is 3090. The average molecular weight is 795 g/mol. The van der Waals surface area contributed by atoms with E-state index in [2.05, 4.69) is 182 Å². The van der Waals surface area contributed by atoms with E-state index in [0.29, 0.717) is 11.1 Å². The lowest BCUT2D eigenvalue weighted by Gasteiger charge is -2.32. The van der Waals surface area contributed by atoms with Crippen molar-refractivity contribution >= 4 is 66.4 Å². The zero-order chi connectivity index (χ0) is 42.4. The van der Waals surface area contributed by atoms with Crippen LogP contribution in [0.3, 0.4) is 0 Å². The first kappa shape index (κ1) is 38.0. The van der Waals surface area contributed by atoms with Crippen molar-refractivity contribution in [1.29, 1.82) is 10.5 Å². The maximum absolute atomic E-state index is 9.85. The Labute approximate surface area is 362 Å². The summed E-state index contributed by atoms with van der Waals surface area (Å²) in [6.45, 7) is 6.81. The molecule has 0 aliphatic carbocycles. The highest BCUT2D eigenvalue weighted by molar-refractivity contribution is 6.29. The summed E-state index contributed by atoms with van der Waals surface area (Å²) < 4.78 is 0. The van der Waals surface area contributed by atoms with Gasteiger partial charge in [0.1, 0.15) is 0 Å². The zero-order valence-corrected chi connectivity index (χ0v) is 34.8. The molecule has 0 heterocycles. The van der Waals surface area contributed by atoms with E-state index in [9.17, 15) is 10.5 Å². The number of hydrogen-bond acceptors (Lipinski definition) is 4. The molecule has 10 aromatic rings. The number of benzene rings is 10. The molecule has 0 atom stereocenters. The number of rotatable bonds is 8. The van der Waals surface area contributed by atoms with Gasteiger partial charge in [0.05, 0.1) is 34.6 Å². The number of nitriles is 2. The van der Waals surface area contributed by atoms with Gasteiger partial charge >= 0.3 is 0 Å². The summed E-state index contributed by atoms with van der Waals surface area (Å²) in [5, 5.41) is 26.7. The van der Waals surface area contributed by atoms with Gasteiger partial charge in [0.15, 0.2) is 0 Å². The molecule has 0 unspecified atom stereocenters. The molecule has 0 radical (unpaired) electrons. The number of nitrogens with zero attached hydrogens (tertiary/aromatic N) is 4. The molecule has 10 aromatic carbocycles. The first-order chi connectivity index (χ1) is 30.3. The van der Waals surface area contributed by atoms with E-state index in [4.69, 9.17) is 0 Å². The summed E-state index contributed by atoms with van der Waals surface area (Å²) in [6, 6.07) is 74.9. The first-order valence-corrected chi connectivity index (χ1v) is 20.9. The molecule has 0 aliphatic heterocycles. The molecular formula is C58H42N4. The molecule has 4 heteroatoms. The van der Waals surface area contributed by atoms with E-state index in [1.807, 2.05) is 60.7 Å². The third-order valence-electron chi connectivity index (χ3n) is 12.0. The molecule has 0 spiro atoms. The molecule has 10 rings (SSSR count). The minimum absolute atomic E-state index is 0.0304. The van der Waals surface area contributed by atoms with E-state index in [1.165, 1.54) is 27.1 Å². The summed E-state index contributed by atoms with van der Waals surface area (Å²) in [5.41, 5.74) is 12.9. The topological polar surface area (TPSA) is 54.1 Å². The highest BCUT2D eigenvalue weighted by Gasteiger charge is 2.26. The lowest BCUT2D eigenvalue weighted by Crippen LogP contribution is -2.15. The van der Waals surface area contributed by atoms with Gasteiger partial charge in [0.2, 0.25) is 0 Å². The van der Waals surface area contributed by atoms with Gasteiger partial charge in [-0.1, -0.05) is 142 Å². The van der Waals surface area contributed by atoms with Crippen LogP contribution in [0, 0.1) is 22.7 Å². The van der Waals surface area contributed by atoms with Gasteiger partial charge in [-0.05, 0) is 128 Å². The van der Waals surface area contributed by atoms with Gasteiger partial charge in [-0.2, -0.15) is 10.5 Å². The van der Waals surface area contributed by atoms with Crippen LogP contribution in [-0.4, -0.2) is 0 Å². The second kappa shape index (κ2) is 15.4. The van der Waals surface area contributed by atoms with Crippen LogP contribution >= 0.6 is 0 Å². The highest BCUT2D eigenvalue weighted by atomic mass is 15.2. The SMILES string of the molecule is CC(C)(C)c1cc2ccc3c(N(c4ccc(C#N)cc4)c4ccc(-c5ccccc5)cc4)cc(N(c4ccc(C#N)cc4)c4ccc(-c5ccccc5)cc4)c4ccc(c1)c2c34. The standard InChI is InChI=1S/C58H42N4/c1-58(2,3)47-34-45-22-32-52-54(61(48-24-14-39(37-59)15-25-48)50-28-18-43(19-29-50)41-10-6-4-7-11-41)36-55(53-33-23-46(35-47)56(45)57(52)53)62(49-26-16-40(38-60)17-27-49)51-30-20-44(21-31-51)42-12-8-5-9-13-42/h4-36H,1-3H3. The Kier molecular flexibility index (Phi) is 9.48. The van der Waals surface area contributed by atoms with E-state index in [-0.39, 0.29) is 5.41 Å². The predicted molar refractivity (Wildman–Crippen MR) is 259 cm³/mol. The van der Waals surface area contributed by atoms with E-state index in [0.717, 1.165) is 67.2 Å². The van der Waals surface area contributed by atoms with E-state index >= 15 is 0 Å². The predicted octanol–water partition coefficient (Wildman–Crippen LogP) is 15.9. The summed E-state index contributed by atoms with van der Waals surface area (Å²) >= 11 is 0. The smallest absolute Gasteiger partial charge is 0.0991 e. The normalized spacial score (nSPS) is 11.4. The Morgan fingerprint density at radius 2 is 0.726 bits per heavy atom. The molecule has 62 heavy (non-hydrogen) atoms. The molecule has 0 aliphatic rings. The van der Waals surface area contributed by atoms with Crippen molar-refractivity contribution in [3.05, 3.63) is 217 Å². The largest absolute Gasteiger partial charge is 0.310 e. The Hall–Kier alpha value is -8.18. The fourth-order valence-corrected chi connectivity index (χ4v) is 8.77. The quantitative estimate of drug-likeness (QED) is 0.144. The van der Waals surface area contributed by atoms with Gasteiger partial charge in [-0.25, -0.2) is 0 Å². The third kappa shape index (κ3) is 6.85. The minimum atomic E-state index is -0.0304. The molecule has 294 valence electrons. The molecule has 0 aromatic heterocycles. The summed E-state index contributed by atoms with van der Waals surface area (Å²) in [4.78, 5) is 4.64. The van der Waals surface area contributed by atoms with Crippen molar-refractivity contribution in [2.24, 2.45) is 0 Å². The fraction of sp³-hybridized carbons (Fsp3) is 0.0690. The van der Waals surface area contributed by atoms with Crippen LogP contribution in [0.4, 0.5) is 34.1 Å². The summed E-state index contributed by atoms with van der Waals surface area (Å²) in [5.74, 6) is 0. The number of hydrogen-bond donors (Lipinski definition) is 0. The van der Waals surface area contributed by atoms with Crippen LogP contribution in [0.2, 0.25) is 0 Å². The van der Waals surface area contributed by atoms with Crippen LogP contribution in [0.5, 0.6) is 0 Å². The van der Waals surface area contributed by atoms with E-state index in [1.54, 1.807) is 0 Å². The lowest BCUT2D eigenvalue weighted by atomic mass is 9.83. The second-order valence-corrected chi connectivity index (χ2v) is 16.9. The minimum Gasteiger partial charge on any atom is -0.310 e. The van der Waals surface area contributed by atoms with E-state index < -0.39 is 0 Å². The molecule has 0 saturated heterocycles. The van der Waals surface area contributed by atoms with Crippen molar-refractivity contribution in [2.75, 3.05) is 9.80 Å². The Morgan fingerprint density at radius 1 is 0.371 bits per heavy atom. The van der Waals surface area contributed by atoms with Crippen molar-refractivity contribution in [3.63, 3.8) is 0 Å². The fourth-order valence-electron chi connectivity index (χ4n) is 8.77. The molecule has 0 amide bonds.